The molecule has 2 aromatic rings. The zero-order chi connectivity index (χ0) is 18.1. The first-order valence-electron chi connectivity index (χ1n) is 7.67. The van der Waals surface area contributed by atoms with E-state index in [1.807, 2.05) is 19.1 Å². The lowest BCUT2D eigenvalue weighted by atomic mass is 10.1. The molecule has 0 aliphatic heterocycles. The van der Waals surface area contributed by atoms with E-state index in [0.717, 1.165) is 5.56 Å². The van der Waals surface area contributed by atoms with Crippen LogP contribution in [0.3, 0.4) is 0 Å². The van der Waals surface area contributed by atoms with E-state index in [-0.39, 0.29) is 4.90 Å². The number of hydrogen-bond acceptors (Lipinski definition) is 4. The summed E-state index contributed by atoms with van der Waals surface area (Å²) in [5.74, 6) is 6.15. The van der Waals surface area contributed by atoms with Crippen LogP contribution in [0.25, 0.3) is 0 Å². The molecule has 130 valence electrons. The number of pyridine rings is 1. The highest BCUT2D eigenvalue weighted by molar-refractivity contribution is 7.86. The van der Waals surface area contributed by atoms with Crippen molar-refractivity contribution in [2.24, 2.45) is 0 Å². The molecular formula is C17H23N3O3S. The summed E-state index contributed by atoms with van der Waals surface area (Å²) in [5.41, 5.74) is 3.80. The average Bonchev–Trinajstić information content (AvgIpc) is 3.24. The van der Waals surface area contributed by atoms with E-state index in [0.29, 0.717) is 22.5 Å². The summed E-state index contributed by atoms with van der Waals surface area (Å²) < 4.78 is 32.1. The summed E-state index contributed by atoms with van der Waals surface area (Å²) in [4.78, 5) is 0.0260. The third-order valence-electron chi connectivity index (χ3n) is 3.92. The van der Waals surface area contributed by atoms with Gasteiger partial charge in [-0.2, -0.15) is 8.42 Å². The average molecular weight is 349 g/mol. The van der Waals surface area contributed by atoms with E-state index < -0.39 is 10.1 Å². The van der Waals surface area contributed by atoms with Crippen molar-refractivity contribution >= 4 is 10.1 Å². The third kappa shape index (κ3) is 4.46. The molecule has 0 saturated heterocycles. The maximum absolute atomic E-state index is 10.9. The van der Waals surface area contributed by atoms with Crippen molar-refractivity contribution in [2.75, 3.05) is 5.84 Å². The molecule has 1 aliphatic rings. The Kier molecular flexibility index (Phi) is 5.15. The highest BCUT2D eigenvalue weighted by atomic mass is 32.2. The molecule has 6 nitrogen and oxygen atoms in total. The van der Waals surface area contributed by atoms with Crippen molar-refractivity contribution in [3.8, 4) is 0 Å². The number of aromatic nitrogens is 1. The van der Waals surface area contributed by atoms with E-state index in [1.165, 1.54) is 23.1 Å². The third-order valence-corrected chi connectivity index (χ3v) is 5.08. The normalized spacial score (nSPS) is 14.0. The minimum Gasteiger partial charge on any atom is -0.338 e. The van der Waals surface area contributed by atoms with Gasteiger partial charge in [-0.15, -0.1) is 0 Å². The second-order valence-electron chi connectivity index (χ2n) is 6.23. The fraction of sp³-hybridized carbons (Fsp3) is 0.353. The number of nitrogens with zero attached hydrogens (tertiary/aromatic N) is 1. The van der Waals surface area contributed by atoms with Crippen LogP contribution in [-0.2, 0) is 10.1 Å². The van der Waals surface area contributed by atoms with Crippen molar-refractivity contribution < 1.29 is 13.0 Å². The van der Waals surface area contributed by atoms with Gasteiger partial charge in [0.05, 0.1) is 4.90 Å². The van der Waals surface area contributed by atoms with Crippen LogP contribution in [0.1, 0.15) is 41.0 Å². The Balaban J connectivity index is 0.000000175. The molecule has 1 fully saturated rings. The molecule has 1 aliphatic carbocycles. The van der Waals surface area contributed by atoms with Crippen LogP contribution in [0.5, 0.6) is 0 Å². The highest BCUT2D eigenvalue weighted by Crippen LogP contribution is 2.39. The first-order valence-corrected chi connectivity index (χ1v) is 9.11. The predicted molar refractivity (Wildman–Crippen MR) is 92.9 cm³/mol. The fourth-order valence-corrected chi connectivity index (χ4v) is 3.70. The van der Waals surface area contributed by atoms with Gasteiger partial charge in [0.15, 0.2) is 0 Å². The molecule has 4 N–H and O–H groups in total. The monoisotopic (exact) mass is 349 g/mol. The lowest BCUT2D eigenvalue weighted by Gasteiger charge is -2.07. The van der Waals surface area contributed by atoms with Gasteiger partial charge in [-0.05, 0) is 68.4 Å². The first-order chi connectivity index (χ1) is 11.1. The Labute approximate surface area is 142 Å². The van der Waals surface area contributed by atoms with Crippen LogP contribution >= 0.6 is 0 Å². The summed E-state index contributed by atoms with van der Waals surface area (Å²) in [6.07, 6.45) is 4.29. The smallest absolute Gasteiger partial charge is 0.295 e. The quantitative estimate of drug-likeness (QED) is 0.571. The lowest BCUT2D eigenvalue weighted by Crippen LogP contribution is -2.25. The Hall–Kier alpha value is -2.12. The van der Waals surface area contributed by atoms with Crippen LogP contribution in [0.2, 0.25) is 0 Å². The molecule has 0 amide bonds. The van der Waals surface area contributed by atoms with Crippen LogP contribution in [-0.4, -0.2) is 17.6 Å². The number of nitrogens with two attached hydrogens (primary N) is 1. The number of benzene rings is 1. The van der Waals surface area contributed by atoms with Gasteiger partial charge in [0, 0.05) is 6.20 Å². The Morgan fingerprint density at radius 3 is 2.12 bits per heavy atom. The van der Waals surface area contributed by atoms with E-state index in [1.54, 1.807) is 32.2 Å². The first kappa shape index (κ1) is 18.2. The van der Waals surface area contributed by atoms with Crippen LogP contribution in [0, 0.1) is 26.2 Å². The topological polar surface area (TPSA) is 109 Å². The standard InChI is InChI=1S/C9H12O3S.C8H11N3/c1-6-4-7(2)9(8(3)5-6)13(10,11)12;9-8-5-7(6-1-2-6)3-4-11(8)10/h4-5H,1-3H3,(H,10,11,12);3-6,9H,1-2,10H2. The molecule has 0 unspecified atom stereocenters. The van der Waals surface area contributed by atoms with Gasteiger partial charge < -0.3 is 5.84 Å². The van der Waals surface area contributed by atoms with Gasteiger partial charge in [-0.1, -0.05) is 17.7 Å². The Morgan fingerprint density at radius 1 is 1.17 bits per heavy atom. The SMILES string of the molecule is Cc1cc(C)c(S(=O)(=O)O)c(C)c1.N=c1cc(C2CC2)ccn1N. The second-order valence-corrected chi connectivity index (χ2v) is 7.59. The molecule has 0 bridgehead atoms. The molecule has 1 saturated carbocycles. The molecular weight excluding hydrogens is 326 g/mol. The molecule has 1 aromatic heterocycles. The molecule has 0 radical (unpaired) electrons. The molecule has 7 heteroatoms. The molecule has 0 spiro atoms. The van der Waals surface area contributed by atoms with Gasteiger partial charge in [-0.3, -0.25) is 14.6 Å². The van der Waals surface area contributed by atoms with Crippen molar-refractivity contribution in [3.63, 3.8) is 0 Å². The van der Waals surface area contributed by atoms with Crippen molar-refractivity contribution in [1.82, 2.24) is 4.68 Å². The van der Waals surface area contributed by atoms with Crippen molar-refractivity contribution in [3.05, 3.63) is 58.2 Å². The second kappa shape index (κ2) is 6.78. The van der Waals surface area contributed by atoms with Crippen LogP contribution < -0.4 is 11.3 Å². The lowest BCUT2D eigenvalue weighted by molar-refractivity contribution is 0.482. The van der Waals surface area contributed by atoms with E-state index in [4.69, 9.17) is 15.8 Å². The van der Waals surface area contributed by atoms with E-state index in [2.05, 4.69) is 0 Å². The zero-order valence-corrected chi connectivity index (χ0v) is 14.9. The molecule has 1 heterocycles. The van der Waals surface area contributed by atoms with Gasteiger partial charge in [0.25, 0.3) is 10.1 Å². The molecule has 24 heavy (non-hydrogen) atoms. The molecule has 0 atom stereocenters. The minimum absolute atomic E-state index is 0.0260. The maximum Gasteiger partial charge on any atom is 0.295 e. The summed E-state index contributed by atoms with van der Waals surface area (Å²) in [5, 5.41) is 7.42. The summed E-state index contributed by atoms with van der Waals surface area (Å²) >= 11 is 0. The molecule has 3 rings (SSSR count). The van der Waals surface area contributed by atoms with E-state index in [9.17, 15) is 8.42 Å². The van der Waals surface area contributed by atoms with Gasteiger partial charge in [0.1, 0.15) is 5.49 Å². The minimum atomic E-state index is -4.08. The summed E-state index contributed by atoms with van der Waals surface area (Å²) in [7, 11) is -4.08. The van der Waals surface area contributed by atoms with Gasteiger partial charge in [-0.25, -0.2) is 0 Å². The van der Waals surface area contributed by atoms with Gasteiger partial charge >= 0.3 is 0 Å². The number of rotatable bonds is 2. The maximum atomic E-state index is 10.9. The molecule has 1 aromatic carbocycles. The number of aryl methyl sites for hydroxylation is 3. The van der Waals surface area contributed by atoms with Crippen molar-refractivity contribution in [1.29, 1.82) is 5.41 Å². The Morgan fingerprint density at radius 2 is 1.71 bits per heavy atom. The predicted octanol–water partition coefficient (Wildman–Crippen LogP) is 2.42. The van der Waals surface area contributed by atoms with Gasteiger partial charge in [0.2, 0.25) is 0 Å². The number of nitrogen functional groups attached to an aromatic ring is 1. The highest BCUT2D eigenvalue weighted by Gasteiger charge is 2.23. The summed E-state index contributed by atoms with van der Waals surface area (Å²) in [6, 6.07) is 7.31. The van der Waals surface area contributed by atoms with Crippen LogP contribution in [0.15, 0.2) is 35.4 Å². The number of hydrogen-bond donors (Lipinski definition) is 3. The zero-order valence-electron chi connectivity index (χ0n) is 14.1. The largest absolute Gasteiger partial charge is 0.338 e. The van der Waals surface area contributed by atoms with Crippen LogP contribution in [0.4, 0.5) is 0 Å². The summed E-state index contributed by atoms with van der Waals surface area (Å²) in [6.45, 7) is 5.22. The Bertz CT molecular complexity index is 890. The fourth-order valence-electron chi connectivity index (χ4n) is 2.77. The van der Waals surface area contributed by atoms with E-state index >= 15 is 0 Å². The van der Waals surface area contributed by atoms with Crippen molar-refractivity contribution in [2.45, 2.75) is 44.4 Å². The number of nitrogens with one attached hydrogen (secondary N) is 1.